The fourth-order valence-electron chi connectivity index (χ4n) is 3.92. The normalized spacial score (nSPS) is 20.6. The van der Waals surface area contributed by atoms with Crippen LogP contribution in [-0.2, 0) is 21.8 Å². The molecule has 0 spiro atoms. The fraction of sp³-hybridized carbons (Fsp3) is 0.476. The second kappa shape index (κ2) is 10.4. The molecule has 1 saturated carbocycles. The number of nitrogens with one attached hydrogen (secondary N) is 1. The van der Waals surface area contributed by atoms with Crippen LogP contribution >= 0.6 is 0 Å². The molecule has 1 aromatic heterocycles. The van der Waals surface area contributed by atoms with Crippen LogP contribution in [-0.4, -0.2) is 32.2 Å². The summed E-state index contributed by atoms with van der Waals surface area (Å²) >= 11 is 0. The Labute approximate surface area is 180 Å². The van der Waals surface area contributed by atoms with Crippen molar-refractivity contribution < 1.29 is 26.3 Å². The maximum atomic E-state index is 12.8. The summed E-state index contributed by atoms with van der Waals surface area (Å²) in [6.07, 6.45) is -0.110. The molecule has 1 unspecified atom stereocenters. The van der Waals surface area contributed by atoms with Crippen LogP contribution in [0.15, 0.2) is 53.5 Å². The molecule has 0 radical (unpaired) electrons. The molecule has 3 rings (SSSR count). The predicted octanol–water partition coefficient (Wildman–Crippen LogP) is 3.27. The lowest BCUT2D eigenvalue weighted by atomic mass is 9.83. The minimum atomic E-state index is -4.63. The molecule has 1 fully saturated rings. The van der Waals surface area contributed by atoms with Crippen LogP contribution in [0.4, 0.5) is 13.2 Å². The van der Waals surface area contributed by atoms with Gasteiger partial charge in [-0.3, -0.25) is 4.79 Å². The quantitative estimate of drug-likeness (QED) is 0.596. The molecule has 0 saturated heterocycles. The van der Waals surface area contributed by atoms with Crippen LogP contribution in [0, 0.1) is 0 Å². The molecule has 6 nitrogen and oxygen atoms in total. The average Bonchev–Trinajstić information content (AvgIpc) is 2.74. The van der Waals surface area contributed by atoms with Gasteiger partial charge in [-0.2, -0.15) is 13.2 Å². The zero-order valence-corrected chi connectivity index (χ0v) is 17.6. The summed E-state index contributed by atoms with van der Waals surface area (Å²) in [7, 11) is -2.92. The molecule has 1 aliphatic rings. The van der Waals surface area contributed by atoms with Crippen molar-refractivity contribution in [2.24, 2.45) is 0 Å². The van der Waals surface area contributed by atoms with Crippen molar-refractivity contribution in [3.63, 3.8) is 0 Å². The first-order valence-corrected chi connectivity index (χ1v) is 11.3. The number of ether oxygens (including phenoxy) is 1. The van der Waals surface area contributed by atoms with Gasteiger partial charge in [0.05, 0.1) is 24.3 Å². The zero-order valence-electron chi connectivity index (χ0n) is 16.8. The molecule has 31 heavy (non-hydrogen) atoms. The van der Waals surface area contributed by atoms with Crippen molar-refractivity contribution >= 4 is 10.9 Å². The summed E-state index contributed by atoms with van der Waals surface area (Å²) in [5, 5.41) is 0. The predicted molar refractivity (Wildman–Crippen MR) is 110 cm³/mol. The van der Waals surface area contributed by atoms with E-state index in [9.17, 15) is 26.4 Å². The summed E-state index contributed by atoms with van der Waals surface area (Å²) in [4.78, 5) is 12.3. The molecule has 2 aromatic rings. The van der Waals surface area contributed by atoms with Crippen LogP contribution < -0.4 is 10.3 Å². The van der Waals surface area contributed by atoms with Gasteiger partial charge in [0.25, 0.3) is 5.56 Å². The number of halogens is 3. The second-order valence-electron chi connectivity index (χ2n) is 7.65. The van der Waals surface area contributed by atoms with E-state index in [0.717, 1.165) is 42.5 Å². The van der Waals surface area contributed by atoms with Crippen molar-refractivity contribution in [1.82, 2.24) is 9.29 Å². The monoisotopic (exact) mass is 458 g/mol. The highest BCUT2D eigenvalue weighted by Crippen LogP contribution is 2.34. The minimum absolute atomic E-state index is 0.0160. The van der Waals surface area contributed by atoms with Crippen molar-refractivity contribution in [3.8, 4) is 0 Å². The van der Waals surface area contributed by atoms with Crippen LogP contribution in [0.25, 0.3) is 0 Å². The van der Waals surface area contributed by atoms with Gasteiger partial charge in [-0.1, -0.05) is 30.3 Å². The van der Waals surface area contributed by atoms with Gasteiger partial charge >= 0.3 is 6.18 Å². The highest BCUT2D eigenvalue weighted by molar-refractivity contribution is 7.70. The second-order valence-corrected chi connectivity index (χ2v) is 8.48. The Kier molecular flexibility index (Phi) is 7.90. The van der Waals surface area contributed by atoms with Gasteiger partial charge in [0.2, 0.25) is 10.9 Å². The van der Waals surface area contributed by atoms with E-state index in [0.29, 0.717) is 12.0 Å². The first-order chi connectivity index (χ1) is 14.7. The van der Waals surface area contributed by atoms with Gasteiger partial charge in [-0.25, -0.2) is 13.1 Å². The van der Waals surface area contributed by atoms with Gasteiger partial charge < -0.3 is 9.30 Å². The third-order valence-electron chi connectivity index (χ3n) is 5.59. The van der Waals surface area contributed by atoms with Crippen molar-refractivity contribution in [2.75, 3.05) is 13.2 Å². The van der Waals surface area contributed by atoms with E-state index in [1.165, 1.54) is 5.56 Å². The van der Waals surface area contributed by atoms with E-state index < -0.39 is 34.2 Å². The van der Waals surface area contributed by atoms with E-state index in [1.54, 1.807) is 0 Å². The number of alkyl halides is 3. The lowest BCUT2D eigenvalue weighted by Crippen LogP contribution is -2.36. The van der Waals surface area contributed by atoms with Crippen molar-refractivity contribution in [3.05, 3.63) is 70.1 Å². The largest absolute Gasteiger partial charge is 0.416 e. The van der Waals surface area contributed by atoms with Gasteiger partial charge in [0.15, 0.2) is 0 Å². The van der Waals surface area contributed by atoms with Crippen LogP contribution in [0.5, 0.6) is 0 Å². The van der Waals surface area contributed by atoms with Gasteiger partial charge in [0, 0.05) is 18.8 Å². The Morgan fingerprint density at radius 1 is 1.10 bits per heavy atom. The molecule has 0 amide bonds. The maximum Gasteiger partial charge on any atom is 0.416 e. The lowest BCUT2D eigenvalue weighted by molar-refractivity contribution is -0.137. The molecule has 1 N–H and O–H groups in total. The Bertz CT molecular complexity index is 976. The Morgan fingerprint density at radius 3 is 2.35 bits per heavy atom. The first-order valence-electron chi connectivity index (χ1n) is 10.1. The van der Waals surface area contributed by atoms with E-state index in [1.807, 2.05) is 18.2 Å². The van der Waals surface area contributed by atoms with E-state index >= 15 is 0 Å². The third kappa shape index (κ3) is 6.65. The first kappa shape index (κ1) is 23.5. The molecule has 1 atom stereocenters. The van der Waals surface area contributed by atoms with E-state index in [-0.39, 0.29) is 19.3 Å². The molecule has 10 heteroatoms. The average molecular weight is 459 g/mol. The molecule has 0 aliphatic heterocycles. The van der Waals surface area contributed by atoms with Crippen LogP contribution in [0.3, 0.4) is 0 Å². The summed E-state index contributed by atoms with van der Waals surface area (Å²) < 4.78 is 69.6. The van der Waals surface area contributed by atoms with E-state index in [4.69, 9.17) is 4.74 Å². The van der Waals surface area contributed by atoms with Gasteiger partial charge in [-0.15, -0.1) is 0 Å². The van der Waals surface area contributed by atoms with Crippen LogP contribution in [0.2, 0.25) is 0 Å². The van der Waals surface area contributed by atoms with Gasteiger partial charge in [0.1, 0.15) is 0 Å². The van der Waals surface area contributed by atoms with Gasteiger partial charge in [-0.05, 0) is 43.2 Å². The summed E-state index contributed by atoms with van der Waals surface area (Å²) in [5.41, 5.74) is -0.617. The Hall–Kier alpha value is -2.17. The molecule has 0 bridgehead atoms. The third-order valence-corrected chi connectivity index (χ3v) is 6.04. The summed E-state index contributed by atoms with van der Waals surface area (Å²) in [6, 6.07) is 10.8. The molecular formula is C21H25F3N2O4S. The Morgan fingerprint density at radius 2 is 1.77 bits per heavy atom. The number of benzene rings is 1. The Balaban J connectivity index is 1.63. The molecule has 170 valence electrons. The molecule has 1 heterocycles. The number of aromatic nitrogens is 1. The molecular weight excluding hydrogens is 433 g/mol. The SMILES string of the molecule is O=c1cc(C(F)(F)F)ccn1C(CN[SH](=O)=O)CO[C@H]1CC[C@@H](c2ccccc2)CC1. The van der Waals surface area contributed by atoms with Crippen molar-refractivity contribution in [2.45, 2.75) is 49.9 Å². The van der Waals surface area contributed by atoms with Crippen LogP contribution in [0.1, 0.15) is 48.8 Å². The number of hydrogen-bond acceptors (Lipinski definition) is 4. The fourth-order valence-corrected chi connectivity index (χ4v) is 4.28. The number of thiol groups is 1. The maximum absolute atomic E-state index is 12.8. The number of nitrogens with zero attached hydrogens (tertiary/aromatic N) is 1. The summed E-state index contributed by atoms with van der Waals surface area (Å²) in [5.74, 6) is 0.459. The lowest BCUT2D eigenvalue weighted by Gasteiger charge is -2.30. The molecule has 1 aromatic carbocycles. The topological polar surface area (TPSA) is 77.4 Å². The number of rotatable bonds is 8. The minimum Gasteiger partial charge on any atom is -0.376 e. The highest BCUT2D eigenvalue weighted by atomic mass is 32.2. The summed E-state index contributed by atoms with van der Waals surface area (Å²) in [6.45, 7) is -0.133. The standard InChI is InChI=1S/C21H25F3N2O4S/c22-21(23,24)17-10-11-26(20(27)12-17)18(13-25-31(28)29)14-30-19-8-6-16(7-9-19)15-4-2-1-3-5-15/h1-5,10-12,16,18-19,31H,6-9,13-14H2,(H,25,28,29)/t16-,18?,19+. The van der Waals surface area contributed by atoms with E-state index in [2.05, 4.69) is 16.9 Å². The van der Waals surface area contributed by atoms with Crippen molar-refractivity contribution in [1.29, 1.82) is 0 Å². The highest BCUT2D eigenvalue weighted by Gasteiger charge is 2.31. The number of hydrogen-bond donors (Lipinski definition) is 2. The zero-order chi connectivity index (χ0) is 22.4. The number of pyridine rings is 1. The smallest absolute Gasteiger partial charge is 0.376 e. The molecule has 1 aliphatic carbocycles.